The summed E-state index contributed by atoms with van der Waals surface area (Å²) in [6.45, 7) is 2.91. The molecule has 4 nitrogen and oxygen atoms in total. The molecule has 0 spiro atoms. The van der Waals surface area contributed by atoms with E-state index >= 15 is 0 Å². The Morgan fingerprint density at radius 2 is 1.46 bits per heavy atom. The second-order valence-corrected chi connectivity index (χ2v) is 6.71. The number of hydrogen-bond donors (Lipinski definition) is 1. The number of para-hydroxylation sites is 1. The fourth-order valence-corrected chi connectivity index (χ4v) is 2.98. The molecule has 28 heavy (non-hydrogen) atoms. The second kappa shape index (κ2) is 9.20. The number of carbonyl (C=O) groups is 2. The zero-order chi connectivity index (χ0) is 19.9. The highest BCUT2D eigenvalue weighted by Gasteiger charge is 2.16. The third-order valence-corrected chi connectivity index (χ3v) is 4.64. The van der Waals surface area contributed by atoms with Crippen molar-refractivity contribution in [1.29, 1.82) is 0 Å². The molecule has 3 rings (SSSR count). The first-order chi connectivity index (χ1) is 13.6. The van der Waals surface area contributed by atoms with E-state index in [1.54, 1.807) is 41.3 Å². The minimum absolute atomic E-state index is 0.0955. The fraction of sp³-hybridized carbons (Fsp3) is 0.130. The van der Waals surface area contributed by atoms with Crippen molar-refractivity contribution in [3.8, 4) is 0 Å². The summed E-state index contributed by atoms with van der Waals surface area (Å²) in [6.07, 6.45) is 0. The monoisotopic (exact) mass is 392 g/mol. The Labute approximate surface area is 169 Å². The highest BCUT2D eigenvalue weighted by atomic mass is 35.5. The summed E-state index contributed by atoms with van der Waals surface area (Å²) in [7, 11) is 0. The van der Waals surface area contributed by atoms with Gasteiger partial charge in [0.25, 0.3) is 11.8 Å². The van der Waals surface area contributed by atoms with Gasteiger partial charge in [0, 0.05) is 34.9 Å². The van der Waals surface area contributed by atoms with Gasteiger partial charge < -0.3 is 10.2 Å². The first-order valence-electron chi connectivity index (χ1n) is 9.08. The molecule has 0 saturated carbocycles. The Balaban J connectivity index is 1.65. The van der Waals surface area contributed by atoms with Crippen molar-refractivity contribution in [3.05, 3.63) is 101 Å². The number of anilines is 1. The van der Waals surface area contributed by atoms with Crippen LogP contribution in [0.2, 0.25) is 5.02 Å². The summed E-state index contributed by atoms with van der Waals surface area (Å²) >= 11 is 5.86. The summed E-state index contributed by atoms with van der Waals surface area (Å²) in [5, 5.41) is 3.53. The second-order valence-electron chi connectivity index (χ2n) is 6.27. The largest absolute Gasteiger partial charge is 0.348 e. The molecule has 0 saturated heterocycles. The van der Waals surface area contributed by atoms with E-state index in [4.69, 9.17) is 11.6 Å². The van der Waals surface area contributed by atoms with Crippen LogP contribution in [0.3, 0.4) is 0 Å². The Bertz CT molecular complexity index is 939. The predicted molar refractivity (Wildman–Crippen MR) is 113 cm³/mol. The van der Waals surface area contributed by atoms with Crippen molar-refractivity contribution >= 4 is 29.1 Å². The maximum atomic E-state index is 12.8. The molecule has 0 unspecified atom stereocenters. The number of hydrogen-bond acceptors (Lipinski definition) is 2. The first-order valence-corrected chi connectivity index (χ1v) is 9.46. The number of rotatable bonds is 6. The summed E-state index contributed by atoms with van der Waals surface area (Å²) in [5.74, 6) is -0.286. The minimum atomic E-state index is -0.190. The Morgan fingerprint density at radius 3 is 2.07 bits per heavy atom. The van der Waals surface area contributed by atoms with Gasteiger partial charge in [-0.3, -0.25) is 9.59 Å². The van der Waals surface area contributed by atoms with Crippen LogP contribution in [0.5, 0.6) is 0 Å². The van der Waals surface area contributed by atoms with Gasteiger partial charge in [-0.2, -0.15) is 0 Å². The molecule has 0 radical (unpaired) electrons. The molecule has 3 aromatic carbocycles. The van der Waals surface area contributed by atoms with E-state index in [1.807, 2.05) is 49.4 Å². The van der Waals surface area contributed by atoms with Crippen molar-refractivity contribution in [2.75, 3.05) is 11.4 Å². The predicted octanol–water partition coefficient (Wildman–Crippen LogP) is 4.94. The van der Waals surface area contributed by atoms with Crippen molar-refractivity contribution in [2.24, 2.45) is 0 Å². The van der Waals surface area contributed by atoms with Gasteiger partial charge in [-0.25, -0.2) is 0 Å². The maximum Gasteiger partial charge on any atom is 0.258 e. The SMILES string of the molecule is CCN(C(=O)c1ccc(C(=O)NCc2ccc(Cl)cc2)cc1)c1ccccc1. The summed E-state index contributed by atoms with van der Waals surface area (Å²) in [5.41, 5.74) is 2.86. The molecular formula is C23H21ClN2O2. The minimum Gasteiger partial charge on any atom is -0.348 e. The van der Waals surface area contributed by atoms with Crippen LogP contribution in [-0.4, -0.2) is 18.4 Å². The van der Waals surface area contributed by atoms with Crippen molar-refractivity contribution in [1.82, 2.24) is 5.32 Å². The zero-order valence-corrected chi connectivity index (χ0v) is 16.3. The van der Waals surface area contributed by atoms with Gasteiger partial charge in [-0.15, -0.1) is 0 Å². The van der Waals surface area contributed by atoms with Gasteiger partial charge >= 0.3 is 0 Å². The van der Waals surface area contributed by atoms with Gasteiger partial charge in [0.15, 0.2) is 0 Å². The smallest absolute Gasteiger partial charge is 0.258 e. The summed E-state index contributed by atoms with van der Waals surface area (Å²) in [6, 6.07) is 23.5. The number of nitrogens with zero attached hydrogens (tertiary/aromatic N) is 1. The van der Waals surface area contributed by atoms with Crippen molar-refractivity contribution in [3.63, 3.8) is 0 Å². The third-order valence-electron chi connectivity index (χ3n) is 4.39. The summed E-state index contributed by atoms with van der Waals surface area (Å²) < 4.78 is 0. The van der Waals surface area contributed by atoms with E-state index < -0.39 is 0 Å². The molecule has 0 aromatic heterocycles. The summed E-state index contributed by atoms with van der Waals surface area (Å²) in [4.78, 5) is 26.9. The van der Waals surface area contributed by atoms with Crippen LogP contribution in [0.15, 0.2) is 78.9 Å². The van der Waals surface area contributed by atoms with Crippen LogP contribution in [-0.2, 0) is 6.54 Å². The Hall–Kier alpha value is -3.11. The number of nitrogens with one attached hydrogen (secondary N) is 1. The lowest BCUT2D eigenvalue weighted by atomic mass is 10.1. The zero-order valence-electron chi connectivity index (χ0n) is 15.6. The van der Waals surface area contributed by atoms with Gasteiger partial charge in [0.2, 0.25) is 0 Å². The number of benzene rings is 3. The Morgan fingerprint density at radius 1 is 0.857 bits per heavy atom. The Kier molecular flexibility index (Phi) is 6.45. The van der Waals surface area contributed by atoms with Gasteiger partial charge in [-0.05, 0) is 61.0 Å². The molecule has 2 amide bonds. The highest BCUT2D eigenvalue weighted by Crippen LogP contribution is 2.17. The number of amides is 2. The van der Waals surface area contributed by atoms with Gasteiger partial charge in [-0.1, -0.05) is 41.9 Å². The van der Waals surface area contributed by atoms with E-state index in [0.717, 1.165) is 11.3 Å². The molecule has 0 fully saturated rings. The molecule has 0 aliphatic heterocycles. The van der Waals surface area contributed by atoms with Crippen LogP contribution >= 0.6 is 11.6 Å². The molecule has 5 heteroatoms. The lowest BCUT2D eigenvalue weighted by Gasteiger charge is -2.21. The van der Waals surface area contributed by atoms with Gasteiger partial charge in [0.1, 0.15) is 0 Å². The molecule has 0 aliphatic carbocycles. The van der Waals surface area contributed by atoms with E-state index in [2.05, 4.69) is 5.32 Å². The van der Waals surface area contributed by atoms with Crippen molar-refractivity contribution in [2.45, 2.75) is 13.5 Å². The lowest BCUT2D eigenvalue weighted by molar-refractivity contribution is 0.0947. The van der Waals surface area contributed by atoms with Crippen LogP contribution in [0.25, 0.3) is 0 Å². The molecule has 142 valence electrons. The van der Waals surface area contributed by atoms with Crippen LogP contribution in [0.1, 0.15) is 33.2 Å². The quantitative estimate of drug-likeness (QED) is 0.646. The van der Waals surface area contributed by atoms with Crippen LogP contribution in [0.4, 0.5) is 5.69 Å². The first kappa shape index (κ1) is 19.6. The third kappa shape index (κ3) is 4.78. The fourth-order valence-electron chi connectivity index (χ4n) is 2.86. The van der Waals surface area contributed by atoms with Crippen LogP contribution in [0, 0.1) is 0 Å². The molecule has 0 aliphatic rings. The lowest BCUT2D eigenvalue weighted by Crippen LogP contribution is -2.30. The number of halogens is 1. The molecule has 0 heterocycles. The molecule has 0 atom stereocenters. The molecule has 3 aromatic rings. The topological polar surface area (TPSA) is 49.4 Å². The number of carbonyl (C=O) groups excluding carboxylic acids is 2. The average Bonchev–Trinajstić information content (AvgIpc) is 2.74. The van der Waals surface area contributed by atoms with E-state index in [-0.39, 0.29) is 11.8 Å². The van der Waals surface area contributed by atoms with E-state index in [9.17, 15) is 9.59 Å². The average molecular weight is 393 g/mol. The molecule has 0 bridgehead atoms. The van der Waals surface area contributed by atoms with Crippen molar-refractivity contribution < 1.29 is 9.59 Å². The van der Waals surface area contributed by atoms with Gasteiger partial charge in [0.05, 0.1) is 0 Å². The highest BCUT2D eigenvalue weighted by molar-refractivity contribution is 6.30. The van der Waals surface area contributed by atoms with E-state index in [0.29, 0.717) is 29.2 Å². The molecular weight excluding hydrogens is 372 g/mol. The van der Waals surface area contributed by atoms with E-state index in [1.165, 1.54) is 0 Å². The normalized spacial score (nSPS) is 10.4. The van der Waals surface area contributed by atoms with Crippen LogP contribution < -0.4 is 10.2 Å². The maximum absolute atomic E-state index is 12.8. The standard InChI is InChI=1S/C23H21ClN2O2/c1-2-26(21-6-4-3-5-7-21)23(28)19-12-10-18(11-13-19)22(27)25-16-17-8-14-20(24)15-9-17/h3-15H,2,16H2,1H3,(H,25,27). The molecule has 1 N–H and O–H groups in total.